The fourth-order valence-corrected chi connectivity index (χ4v) is 6.66. The molecule has 5 atom stereocenters. The molecule has 3 aromatic rings. The quantitative estimate of drug-likeness (QED) is 0.431. The van der Waals surface area contributed by atoms with E-state index in [1.165, 1.54) is 10.5 Å². The fraction of sp³-hybridized carbons (Fsp3) is 0.250. The average molecular weight is 505 g/mol. The molecule has 3 aliphatic rings. The van der Waals surface area contributed by atoms with Crippen molar-refractivity contribution < 1.29 is 14.4 Å². The van der Waals surface area contributed by atoms with Crippen LogP contribution in [-0.2, 0) is 9.59 Å². The molecular weight excluding hydrogens is 483 g/mol. The van der Waals surface area contributed by atoms with Crippen LogP contribution in [0, 0.1) is 23.7 Å². The number of benzene rings is 3. The second kappa shape index (κ2) is 8.51. The number of nitrogens with zero attached hydrogens (tertiary/aromatic N) is 1. The number of rotatable bonds is 4. The Kier molecular flexibility index (Phi) is 5.42. The number of imide groups is 1. The number of nitrogens with one attached hydrogen (secondary N) is 1. The normalized spacial score (nSPS) is 26.8. The molecule has 5 nitrogen and oxygen atoms in total. The number of fused-ring (bicyclic) bond motifs is 5. The van der Waals surface area contributed by atoms with E-state index in [0.29, 0.717) is 32.9 Å². The zero-order chi connectivity index (χ0) is 24.3. The summed E-state index contributed by atoms with van der Waals surface area (Å²) in [7, 11) is 0. The lowest BCUT2D eigenvalue weighted by molar-refractivity contribution is -0.123. The van der Waals surface area contributed by atoms with Crippen LogP contribution in [-0.4, -0.2) is 17.7 Å². The maximum atomic E-state index is 13.6. The van der Waals surface area contributed by atoms with E-state index in [2.05, 4.69) is 17.4 Å². The Hall–Kier alpha value is -3.15. The molecule has 176 valence electrons. The van der Waals surface area contributed by atoms with Gasteiger partial charge in [-0.05, 0) is 72.6 Å². The lowest BCUT2D eigenvalue weighted by Crippen LogP contribution is -2.33. The van der Waals surface area contributed by atoms with Crippen LogP contribution in [0.1, 0.15) is 34.7 Å². The first-order valence-corrected chi connectivity index (χ1v) is 12.5. The van der Waals surface area contributed by atoms with Crippen molar-refractivity contribution in [2.75, 3.05) is 10.2 Å². The van der Waals surface area contributed by atoms with Crippen LogP contribution in [0.3, 0.4) is 0 Å². The Morgan fingerprint density at radius 2 is 1.60 bits per heavy atom. The van der Waals surface area contributed by atoms with Gasteiger partial charge in [-0.2, -0.15) is 0 Å². The molecule has 3 aromatic carbocycles. The predicted molar refractivity (Wildman–Crippen MR) is 136 cm³/mol. The highest BCUT2D eigenvalue weighted by Crippen LogP contribution is 2.61. The minimum atomic E-state index is -0.367. The summed E-state index contributed by atoms with van der Waals surface area (Å²) in [6, 6.07) is 21.8. The first-order chi connectivity index (χ1) is 16.9. The molecule has 1 heterocycles. The number of halogens is 2. The lowest BCUT2D eigenvalue weighted by Gasteiger charge is -2.28. The van der Waals surface area contributed by atoms with Crippen LogP contribution < -0.4 is 10.2 Å². The molecule has 0 aromatic heterocycles. The second-order valence-corrected chi connectivity index (χ2v) is 10.4. The van der Waals surface area contributed by atoms with Gasteiger partial charge in [0.25, 0.3) is 5.91 Å². The van der Waals surface area contributed by atoms with Crippen molar-refractivity contribution in [3.05, 3.63) is 94.0 Å². The maximum absolute atomic E-state index is 13.6. The van der Waals surface area contributed by atoms with E-state index >= 15 is 0 Å². The van der Waals surface area contributed by atoms with E-state index in [1.54, 1.807) is 42.5 Å². The van der Waals surface area contributed by atoms with Crippen molar-refractivity contribution >= 4 is 52.3 Å². The molecule has 2 saturated carbocycles. The van der Waals surface area contributed by atoms with Gasteiger partial charge in [0.05, 0.1) is 27.6 Å². The van der Waals surface area contributed by atoms with E-state index in [4.69, 9.17) is 23.2 Å². The highest BCUT2D eigenvalue weighted by atomic mass is 35.5. The van der Waals surface area contributed by atoms with Crippen molar-refractivity contribution in [2.45, 2.75) is 18.8 Å². The van der Waals surface area contributed by atoms with Crippen LogP contribution >= 0.6 is 23.2 Å². The van der Waals surface area contributed by atoms with Gasteiger partial charge in [-0.15, -0.1) is 0 Å². The molecule has 3 fully saturated rings. The van der Waals surface area contributed by atoms with Crippen LogP contribution in [0.5, 0.6) is 0 Å². The molecule has 0 spiro atoms. The number of hydrogen-bond donors (Lipinski definition) is 1. The Morgan fingerprint density at radius 3 is 2.37 bits per heavy atom. The van der Waals surface area contributed by atoms with Crippen molar-refractivity contribution in [1.82, 2.24) is 0 Å². The van der Waals surface area contributed by atoms with E-state index in [-0.39, 0.29) is 41.4 Å². The third-order valence-electron chi connectivity index (χ3n) is 7.79. The number of carbonyl (C=O) groups excluding carboxylic acids is 3. The molecule has 3 amide bonds. The Morgan fingerprint density at radius 1 is 0.829 bits per heavy atom. The minimum absolute atomic E-state index is 0.138. The Labute approximate surface area is 213 Å². The van der Waals surface area contributed by atoms with Gasteiger partial charge < -0.3 is 5.32 Å². The molecule has 2 bridgehead atoms. The summed E-state index contributed by atoms with van der Waals surface area (Å²) < 4.78 is 0. The van der Waals surface area contributed by atoms with Gasteiger partial charge in [0, 0.05) is 11.3 Å². The van der Waals surface area contributed by atoms with Gasteiger partial charge >= 0.3 is 0 Å². The summed E-state index contributed by atoms with van der Waals surface area (Å²) in [5.41, 5.74) is 2.53. The Bertz CT molecular complexity index is 1360. The molecule has 1 saturated heterocycles. The average Bonchev–Trinajstić information content (AvgIpc) is 3.53. The van der Waals surface area contributed by atoms with E-state index < -0.39 is 0 Å². The number of hydrogen-bond acceptors (Lipinski definition) is 3. The van der Waals surface area contributed by atoms with Crippen LogP contribution in [0.2, 0.25) is 10.0 Å². The maximum Gasteiger partial charge on any atom is 0.255 e. The number of carbonyl (C=O) groups is 3. The molecular formula is C28H22Cl2N2O3. The number of amides is 3. The van der Waals surface area contributed by atoms with Gasteiger partial charge in [-0.25, -0.2) is 0 Å². The van der Waals surface area contributed by atoms with Crippen molar-refractivity contribution in [3.63, 3.8) is 0 Å². The molecule has 2 aliphatic carbocycles. The molecule has 1 N–H and O–H groups in total. The summed E-state index contributed by atoms with van der Waals surface area (Å²) in [6.07, 6.45) is 1.86. The second-order valence-electron chi connectivity index (χ2n) is 9.61. The third-order valence-corrected chi connectivity index (χ3v) is 8.53. The first-order valence-electron chi connectivity index (χ1n) is 11.7. The number of anilines is 2. The zero-order valence-electron chi connectivity index (χ0n) is 18.7. The summed E-state index contributed by atoms with van der Waals surface area (Å²) in [5.74, 6) is -0.499. The molecule has 35 heavy (non-hydrogen) atoms. The van der Waals surface area contributed by atoms with Gasteiger partial charge in [0.1, 0.15) is 0 Å². The molecule has 7 heteroatoms. The predicted octanol–water partition coefficient (Wildman–Crippen LogP) is 6.17. The molecule has 0 radical (unpaired) electrons. The first kappa shape index (κ1) is 22.3. The van der Waals surface area contributed by atoms with Gasteiger partial charge in [-0.3, -0.25) is 19.3 Å². The molecule has 5 unspecified atom stereocenters. The molecule has 6 rings (SSSR count). The highest BCUT2D eigenvalue weighted by Gasteiger charge is 2.64. The van der Waals surface area contributed by atoms with E-state index in [1.807, 2.05) is 18.2 Å². The summed E-state index contributed by atoms with van der Waals surface area (Å²) in [6.45, 7) is 0. The monoisotopic (exact) mass is 504 g/mol. The zero-order valence-corrected chi connectivity index (χ0v) is 20.2. The third kappa shape index (κ3) is 3.65. The van der Waals surface area contributed by atoms with Gasteiger partial charge in [0.2, 0.25) is 11.8 Å². The summed E-state index contributed by atoms with van der Waals surface area (Å²) in [5, 5.41) is 3.51. The molecule has 1 aliphatic heterocycles. The van der Waals surface area contributed by atoms with Crippen molar-refractivity contribution in [1.29, 1.82) is 0 Å². The van der Waals surface area contributed by atoms with E-state index in [0.717, 1.165) is 12.8 Å². The Balaban J connectivity index is 1.25. The van der Waals surface area contributed by atoms with Crippen LogP contribution in [0.4, 0.5) is 11.4 Å². The SMILES string of the molecule is O=C(Nc1ccc(Cl)c(Cl)c1)c1cccc(N2C(=O)C3C4CC(c5ccccc5)C(C4)C3C2=O)c1. The topological polar surface area (TPSA) is 66.5 Å². The summed E-state index contributed by atoms with van der Waals surface area (Å²) in [4.78, 5) is 41.2. The summed E-state index contributed by atoms with van der Waals surface area (Å²) >= 11 is 12.0. The highest BCUT2D eigenvalue weighted by molar-refractivity contribution is 6.42. The van der Waals surface area contributed by atoms with Gasteiger partial charge in [0.15, 0.2) is 0 Å². The van der Waals surface area contributed by atoms with E-state index in [9.17, 15) is 14.4 Å². The smallest absolute Gasteiger partial charge is 0.255 e. The van der Waals surface area contributed by atoms with Crippen LogP contribution in [0.25, 0.3) is 0 Å². The minimum Gasteiger partial charge on any atom is -0.322 e. The van der Waals surface area contributed by atoms with Crippen LogP contribution in [0.15, 0.2) is 72.8 Å². The fourth-order valence-electron chi connectivity index (χ4n) is 6.36. The van der Waals surface area contributed by atoms with Gasteiger partial charge in [-0.1, -0.05) is 59.6 Å². The lowest BCUT2D eigenvalue weighted by atomic mass is 9.73. The van der Waals surface area contributed by atoms with Crippen molar-refractivity contribution in [2.24, 2.45) is 23.7 Å². The van der Waals surface area contributed by atoms with Crippen molar-refractivity contribution in [3.8, 4) is 0 Å². The standard InChI is InChI=1S/C28H22Cl2N2O3/c29-22-10-9-18(14-23(22)30)31-26(33)16-7-4-8-19(11-16)32-27(34)24-17-12-20(15-5-2-1-3-6-15)21(13-17)25(24)28(32)35/h1-11,14,17,20-21,24-25H,12-13H2,(H,31,33). The largest absolute Gasteiger partial charge is 0.322 e.